The number of benzene rings is 2. The van der Waals surface area contributed by atoms with Crippen molar-refractivity contribution in [2.24, 2.45) is 0 Å². The van der Waals surface area contributed by atoms with E-state index < -0.39 is 11.6 Å². The first-order chi connectivity index (χ1) is 8.56. The highest BCUT2D eigenvalue weighted by Gasteiger charge is 1.99. The Balaban J connectivity index is 2.42. The summed E-state index contributed by atoms with van der Waals surface area (Å²) in [5.41, 5.74) is 12.7. The summed E-state index contributed by atoms with van der Waals surface area (Å²) >= 11 is 0. The predicted molar refractivity (Wildman–Crippen MR) is 67.6 cm³/mol. The third-order valence-corrected chi connectivity index (χ3v) is 2.36. The van der Waals surface area contributed by atoms with Crippen LogP contribution in [0, 0.1) is 23.5 Å². The Bertz CT molecular complexity index is 599. The van der Waals surface area contributed by atoms with E-state index in [9.17, 15) is 8.78 Å². The molecule has 4 heteroatoms. The topological polar surface area (TPSA) is 52.0 Å². The third-order valence-electron chi connectivity index (χ3n) is 2.36. The second-order valence-corrected chi connectivity index (χ2v) is 3.71. The van der Waals surface area contributed by atoms with Crippen molar-refractivity contribution in [1.29, 1.82) is 0 Å². The van der Waals surface area contributed by atoms with E-state index in [1.807, 2.05) is 0 Å². The fraction of sp³-hybridized carbons (Fsp3) is 0. The molecule has 0 unspecified atom stereocenters. The molecule has 0 aliphatic rings. The number of hydrogen-bond donors (Lipinski definition) is 2. The lowest BCUT2D eigenvalue weighted by Crippen LogP contribution is -1.93. The zero-order valence-corrected chi connectivity index (χ0v) is 9.37. The van der Waals surface area contributed by atoms with Crippen molar-refractivity contribution < 1.29 is 8.78 Å². The van der Waals surface area contributed by atoms with Gasteiger partial charge in [-0.3, -0.25) is 0 Å². The number of nitrogens with two attached hydrogens (primary N) is 2. The van der Waals surface area contributed by atoms with Crippen LogP contribution in [0.2, 0.25) is 0 Å². The first-order valence-corrected chi connectivity index (χ1v) is 5.18. The van der Waals surface area contributed by atoms with Crippen molar-refractivity contribution in [1.82, 2.24) is 0 Å². The highest BCUT2D eigenvalue weighted by molar-refractivity contribution is 5.61. The second kappa shape index (κ2) is 4.76. The van der Waals surface area contributed by atoms with Gasteiger partial charge in [0, 0.05) is 11.4 Å². The molecule has 18 heavy (non-hydrogen) atoms. The van der Waals surface area contributed by atoms with Crippen LogP contribution in [0.1, 0.15) is 11.1 Å². The lowest BCUT2D eigenvalue weighted by atomic mass is 10.1. The van der Waals surface area contributed by atoms with Gasteiger partial charge in [-0.25, -0.2) is 8.78 Å². The maximum atomic E-state index is 13.0. The van der Waals surface area contributed by atoms with Crippen LogP contribution in [0.15, 0.2) is 36.4 Å². The fourth-order valence-corrected chi connectivity index (χ4v) is 1.41. The molecular weight excluding hydrogens is 234 g/mol. The summed E-state index contributed by atoms with van der Waals surface area (Å²) in [6.45, 7) is 0. The summed E-state index contributed by atoms with van der Waals surface area (Å²) in [5, 5.41) is 0. The van der Waals surface area contributed by atoms with Gasteiger partial charge in [0.25, 0.3) is 0 Å². The zero-order chi connectivity index (χ0) is 13.1. The summed E-state index contributed by atoms with van der Waals surface area (Å²) < 4.78 is 26.0. The van der Waals surface area contributed by atoms with Crippen LogP contribution in [0.5, 0.6) is 0 Å². The molecule has 0 atom stereocenters. The molecular formula is C14H10F2N2. The van der Waals surface area contributed by atoms with Crippen LogP contribution in [0.25, 0.3) is 0 Å². The molecule has 2 aromatic rings. The second-order valence-electron chi connectivity index (χ2n) is 3.71. The third kappa shape index (κ3) is 2.58. The highest BCUT2D eigenvalue weighted by atomic mass is 19.1. The Morgan fingerprint density at radius 3 is 1.50 bits per heavy atom. The largest absolute Gasteiger partial charge is 0.398 e. The van der Waals surface area contributed by atoms with Crippen LogP contribution in [-0.4, -0.2) is 0 Å². The van der Waals surface area contributed by atoms with E-state index in [0.717, 1.165) is 0 Å². The SMILES string of the molecule is Nc1ccc(F)cc1C#Cc1cc(F)ccc1N. The Labute approximate surface area is 103 Å². The lowest BCUT2D eigenvalue weighted by Gasteiger charge is -1.99. The molecule has 0 amide bonds. The minimum Gasteiger partial charge on any atom is -0.398 e. The molecule has 2 rings (SSSR count). The Morgan fingerprint density at radius 1 is 0.722 bits per heavy atom. The molecule has 0 saturated heterocycles. The maximum absolute atomic E-state index is 13.0. The molecule has 0 aliphatic heterocycles. The smallest absolute Gasteiger partial charge is 0.124 e. The quantitative estimate of drug-likeness (QED) is 0.552. The molecule has 0 heterocycles. The van der Waals surface area contributed by atoms with E-state index in [1.54, 1.807) is 0 Å². The van der Waals surface area contributed by atoms with Crippen LogP contribution in [0.3, 0.4) is 0 Å². The number of halogens is 2. The minimum atomic E-state index is -0.430. The van der Waals surface area contributed by atoms with Gasteiger partial charge in [-0.05, 0) is 36.4 Å². The molecule has 0 radical (unpaired) electrons. The first-order valence-electron chi connectivity index (χ1n) is 5.18. The summed E-state index contributed by atoms with van der Waals surface area (Å²) in [4.78, 5) is 0. The summed E-state index contributed by atoms with van der Waals surface area (Å²) in [6.07, 6.45) is 0. The maximum Gasteiger partial charge on any atom is 0.124 e. The summed E-state index contributed by atoms with van der Waals surface area (Å²) in [7, 11) is 0. The molecule has 0 fully saturated rings. The average Bonchev–Trinajstić information content (AvgIpc) is 2.34. The molecule has 0 aromatic heterocycles. The van der Waals surface area contributed by atoms with E-state index in [4.69, 9.17) is 11.5 Å². The van der Waals surface area contributed by atoms with Crippen LogP contribution in [0.4, 0.5) is 20.2 Å². The molecule has 0 saturated carbocycles. The summed E-state index contributed by atoms with van der Waals surface area (Å²) in [6, 6.07) is 7.78. The van der Waals surface area contributed by atoms with Gasteiger partial charge in [0.1, 0.15) is 11.6 Å². The standard InChI is InChI=1S/C14H10F2N2/c15-11-3-5-13(17)9(7-11)1-2-10-8-12(16)4-6-14(10)18/h3-8H,17-18H2. The van der Waals surface area contributed by atoms with Gasteiger partial charge in [-0.2, -0.15) is 0 Å². The van der Waals surface area contributed by atoms with Gasteiger partial charge in [0.15, 0.2) is 0 Å². The Hall–Kier alpha value is -2.54. The molecule has 90 valence electrons. The molecule has 2 nitrogen and oxygen atoms in total. The van der Waals surface area contributed by atoms with E-state index in [2.05, 4.69) is 11.8 Å². The van der Waals surface area contributed by atoms with Gasteiger partial charge < -0.3 is 11.5 Å². The molecule has 2 aromatic carbocycles. The highest BCUT2D eigenvalue weighted by Crippen LogP contribution is 2.14. The molecule has 0 bridgehead atoms. The Kier molecular flexibility index (Phi) is 3.16. The van der Waals surface area contributed by atoms with E-state index >= 15 is 0 Å². The van der Waals surface area contributed by atoms with Gasteiger partial charge in [0.05, 0.1) is 11.1 Å². The first kappa shape index (κ1) is 11.9. The predicted octanol–water partition coefficient (Wildman–Crippen LogP) is 2.53. The minimum absolute atomic E-state index is 0.346. The number of anilines is 2. The monoisotopic (exact) mass is 244 g/mol. The van der Waals surface area contributed by atoms with Crippen molar-refractivity contribution in [2.45, 2.75) is 0 Å². The van der Waals surface area contributed by atoms with Gasteiger partial charge in [0.2, 0.25) is 0 Å². The van der Waals surface area contributed by atoms with Crippen molar-refractivity contribution in [2.75, 3.05) is 11.5 Å². The van der Waals surface area contributed by atoms with Crippen LogP contribution < -0.4 is 11.5 Å². The van der Waals surface area contributed by atoms with Crippen LogP contribution in [-0.2, 0) is 0 Å². The zero-order valence-electron chi connectivity index (χ0n) is 9.37. The van der Waals surface area contributed by atoms with Crippen molar-refractivity contribution in [3.63, 3.8) is 0 Å². The van der Waals surface area contributed by atoms with E-state index in [0.29, 0.717) is 22.5 Å². The summed E-state index contributed by atoms with van der Waals surface area (Å²) in [5.74, 6) is 4.49. The Morgan fingerprint density at radius 2 is 1.11 bits per heavy atom. The normalized spacial score (nSPS) is 9.67. The van der Waals surface area contributed by atoms with Gasteiger partial charge in [-0.1, -0.05) is 11.8 Å². The lowest BCUT2D eigenvalue weighted by molar-refractivity contribution is 0.627. The fourth-order valence-electron chi connectivity index (χ4n) is 1.41. The van der Waals surface area contributed by atoms with E-state index in [-0.39, 0.29) is 0 Å². The number of nitrogen functional groups attached to an aromatic ring is 2. The van der Waals surface area contributed by atoms with Crippen LogP contribution >= 0.6 is 0 Å². The van der Waals surface area contributed by atoms with Crippen molar-refractivity contribution in [3.8, 4) is 11.8 Å². The van der Waals surface area contributed by atoms with Crippen molar-refractivity contribution >= 4 is 11.4 Å². The van der Waals surface area contributed by atoms with Gasteiger partial charge in [-0.15, -0.1) is 0 Å². The average molecular weight is 244 g/mol. The molecule has 0 spiro atoms. The molecule has 4 N–H and O–H groups in total. The molecule has 0 aliphatic carbocycles. The van der Waals surface area contributed by atoms with Gasteiger partial charge >= 0.3 is 0 Å². The number of hydrogen-bond acceptors (Lipinski definition) is 2. The van der Waals surface area contributed by atoms with E-state index in [1.165, 1.54) is 36.4 Å². The number of rotatable bonds is 0. The van der Waals surface area contributed by atoms with Crippen molar-refractivity contribution in [3.05, 3.63) is 59.2 Å².